The Morgan fingerprint density at radius 1 is 1.11 bits per heavy atom. The Bertz CT molecular complexity index is 819. The standard InChI is InChI=1S/C22H29N3O2S/c1-14(2)16-5-7-18(8-6-16)21-24-19(13-28-21)22(27)25-11-9-17(10-12-25)20(26)23-15(3)4/h5-8,13-15,17H,9-12H2,1-4H3,(H,23,26). The summed E-state index contributed by atoms with van der Waals surface area (Å²) in [4.78, 5) is 31.4. The zero-order valence-corrected chi connectivity index (χ0v) is 17.9. The van der Waals surface area contributed by atoms with Gasteiger partial charge in [0.2, 0.25) is 5.91 Å². The zero-order valence-electron chi connectivity index (χ0n) is 17.1. The molecule has 1 N–H and O–H groups in total. The van der Waals surface area contributed by atoms with Gasteiger partial charge < -0.3 is 10.2 Å². The van der Waals surface area contributed by atoms with Crippen LogP contribution in [-0.4, -0.2) is 40.8 Å². The quantitative estimate of drug-likeness (QED) is 0.815. The fourth-order valence-electron chi connectivity index (χ4n) is 3.42. The monoisotopic (exact) mass is 399 g/mol. The molecule has 0 atom stereocenters. The molecule has 1 fully saturated rings. The van der Waals surface area contributed by atoms with Gasteiger partial charge in [-0.2, -0.15) is 0 Å². The van der Waals surface area contributed by atoms with E-state index in [0.717, 1.165) is 10.6 Å². The van der Waals surface area contributed by atoms with Crippen LogP contribution in [0.2, 0.25) is 0 Å². The van der Waals surface area contributed by atoms with E-state index in [2.05, 4.69) is 48.4 Å². The summed E-state index contributed by atoms with van der Waals surface area (Å²) in [5.41, 5.74) is 2.83. The summed E-state index contributed by atoms with van der Waals surface area (Å²) in [5.74, 6) is 0.553. The fraction of sp³-hybridized carbons (Fsp3) is 0.500. The van der Waals surface area contributed by atoms with E-state index in [1.165, 1.54) is 16.9 Å². The minimum Gasteiger partial charge on any atom is -0.354 e. The Labute approximate surface area is 171 Å². The average Bonchev–Trinajstić information content (AvgIpc) is 3.17. The summed E-state index contributed by atoms with van der Waals surface area (Å²) < 4.78 is 0. The molecule has 1 aromatic carbocycles. The van der Waals surface area contributed by atoms with E-state index in [1.54, 1.807) is 0 Å². The number of amides is 2. The molecule has 3 rings (SSSR count). The molecule has 0 radical (unpaired) electrons. The zero-order chi connectivity index (χ0) is 20.3. The molecule has 1 aliphatic rings. The summed E-state index contributed by atoms with van der Waals surface area (Å²) in [7, 11) is 0. The van der Waals surface area contributed by atoms with Gasteiger partial charge in [0.1, 0.15) is 10.7 Å². The topological polar surface area (TPSA) is 62.3 Å². The molecular weight excluding hydrogens is 370 g/mol. The third-order valence-corrected chi connectivity index (χ3v) is 6.02. The number of aromatic nitrogens is 1. The molecular formula is C22H29N3O2S. The average molecular weight is 400 g/mol. The predicted molar refractivity (Wildman–Crippen MR) is 114 cm³/mol. The van der Waals surface area contributed by atoms with Crippen LogP contribution in [0.5, 0.6) is 0 Å². The van der Waals surface area contributed by atoms with Gasteiger partial charge in [0.05, 0.1) is 0 Å². The van der Waals surface area contributed by atoms with Gasteiger partial charge in [-0.15, -0.1) is 11.3 Å². The number of nitrogens with zero attached hydrogens (tertiary/aromatic N) is 2. The molecule has 5 nitrogen and oxygen atoms in total. The number of carbonyl (C=O) groups is 2. The highest BCUT2D eigenvalue weighted by molar-refractivity contribution is 7.13. The summed E-state index contributed by atoms with van der Waals surface area (Å²) in [6.07, 6.45) is 1.41. The summed E-state index contributed by atoms with van der Waals surface area (Å²) >= 11 is 1.50. The van der Waals surface area contributed by atoms with Crippen LogP contribution in [0.1, 0.15) is 62.5 Å². The van der Waals surface area contributed by atoms with Crippen molar-refractivity contribution in [2.24, 2.45) is 5.92 Å². The van der Waals surface area contributed by atoms with Crippen molar-refractivity contribution < 1.29 is 9.59 Å². The molecule has 2 amide bonds. The first kappa shape index (κ1) is 20.5. The lowest BCUT2D eigenvalue weighted by Gasteiger charge is -2.31. The van der Waals surface area contributed by atoms with E-state index in [0.29, 0.717) is 37.5 Å². The Morgan fingerprint density at radius 3 is 2.32 bits per heavy atom. The highest BCUT2D eigenvalue weighted by Gasteiger charge is 2.29. The first-order chi connectivity index (χ1) is 13.3. The first-order valence-corrected chi connectivity index (χ1v) is 10.9. The largest absolute Gasteiger partial charge is 0.354 e. The lowest BCUT2D eigenvalue weighted by atomic mass is 9.95. The molecule has 0 saturated carbocycles. The van der Waals surface area contributed by atoms with Gasteiger partial charge in [0.15, 0.2) is 0 Å². The summed E-state index contributed by atoms with van der Waals surface area (Å²) in [6, 6.07) is 8.53. The smallest absolute Gasteiger partial charge is 0.273 e. The molecule has 1 aliphatic heterocycles. The molecule has 0 unspecified atom stereocenters. The van der Waals surface area contributed by atoms with E-state index in [4.69, 9.17) is 0 Å². The molecule has 28 heavy (non-hydrogen) atoms. The number of hydrogen-bond acceptors (Lipinski definition) is 4. The fourth-order valence-corrected chi connectivity index (χ4v) is 4.22. The van der Waals surface area contributed by atoms with E-state index >= 15 is 0 Å². The molecule has 6 heteroatoms. The van der Waals surface area contributed by atoms with E-state index in [9.17, 15) is 9.59 Å². The normalized spacial score (nSPS) is 15.3. The molecule has 0 aliphatic carbocycles. The molecule has 0 spiro atoms. The van der Waals surface area contributed by atoms with Crippen molar-refractivity contribution in [1.82, 2.24) is 15.2 Å². The van der Waals surface area contributed by atoms with Crippen molar-refractivity contribution in [3.05, 3.63) is 40.9 Å². The summed E-state index contributed by atoms with van der Waals surface area (Å²) in [6.45, 7) is 9.48. The van der Waals surface area contributed by atoms with Gasteiger partial charge >= 0.3 is 0 Å². The van der Waals surface area contributed by atoms with Gasteiger partial charge in [0.25, 0.3) is 5.91 Å². The Hall–Kier alpha value is -2.21. The second-order valence-electron chi connectivity index (χ2n) is 8.04. The van der Waals surface area contributed by atoms with Crippen LogP contribution in [0.25, 0.3) is 10.6 Å². The molecule has 2 heterocycles. The van der Waals surface area contributed by atoms with Crippen LogP contribution in [0.4, 0.5) is 0 Å². The maximum absolute atomic E-state index is 12.8. The lowest BCUT2D eigenvalue weighted by molar-refractivity contribution is -0.126. The second-order valence-corrected chi connectivity index (χ2v) is 8.90. The SMILES string of the molecule is CC(C)NC(=O)C1CCN(C(=O)c2csc(-c3ccc(C(C)C)cc3)n2)CC1. The molecule has 1 saturated heterocycles. The maximum Gasteiger partial charge on any atom is 0.273 e. The minimum absolute atomic E-state index is 0.00285. The van der Waals surface area contributed by atoms with Crippen molar-refractivity contribution >= 4 is 23.2 Å². The number of thiazole rings is 1. The number of likely N-dealkylation sites (tertiary alicyclic amines) is 1. The van der Waals surface area contributed by atoms with E-state index < -0.39 is 0 Å². The van der Waals surface area contributed by atoms with Gasteiger partial charge in [-0.3, -0.25) is 9.59 Å². The van der Waals surface area contributed by atoms with Gasteiger partial charge in [-0.1, -0.05) is 38.1 Å². The highest BCUT2D eigenvalue weighted by Crippen LogP contribution is 2.27. The van der Waals surface area contributed by atoms with Crippen molar-refractivity contribution in [2.45, 2.75) is 52.5 Å². The third-order valence-electron chi connectivity index (χ3n) is 5.13. The number of benzene rings is 1. The van der Waals surface area contributed by atoms with Gasteiger partial charge in [-0.05, 0) is 38.2 Å². The minimum atomic E-state index is -0.0379. The van der Waals surface area contributed by atoms with Crippen molar-refractivity contribution in [2.75, 3.05) is 13.1 Å². The summed E-state index contributed by atoms with van der Waals surface area (Å²) in [5, 5.41) is 5.67. The van der Waals surface area contributed by atoms with Crippen LogP contribution in [-0.2, 0) is 4.79 Å². The van der Waals surface area contributed by atoms with E-state index in [1.807, 2.05) is 24.1 Å². The predicted octanol–water partition coefficient (Wildman–Crippen LogP) is 4.31. The van der Waals surface area contributed by atoms with Crippen LogP contribution in [0.15, 0.2) is 29.6 Å². The van der Waals surface area contributed by atoms with Gasteiger partial charge in [0, 0.05) is 36.0 Å². The molecule has 150 valence electrons. The van der Waals surface area contributed by atoms with Gasteiger partial charge in [-0.25, -0.2) is 4.98 Å². The Balaban J connectivity index is 1.61. The number of hydrogen-bond donors (Lipinski definition) is 1. The Kier molecular flexibility index (Phi) is 6.50. The number of nitrogens with one attached hydrogen (secondary N) is 1. The van der Waals surface area contributed by atoms with Crippen LogP contribution in [0, 0.1) is 5.92 Å². The van der Waals surface area contributed by atoms with Crippen LogP contribution >= 0.6 is 11.3 Å². The van der Waals surface area contributed by atoms with Crippen molar-refractivity contribution in [1.29, 1.82) is 0 Å². The van der Waals surface area contributed by atoms with Crippen LogP contribution in [0.3, 0.4) is 0 Å². The maximum atomic E-state index is 12.8. The third kappa shape index (κ3) is 4.79. The number of carbonyl (C=O) groups excluding carboxylic acids is 2. The Morgan fingerprint density at radius 2 is 1.75 bits per heavy atom. The second kappa shape index (κ2) is 8.86. The number of rotatable bonds is 5. The van der Waals surface area contributed by atoms with Crippen LogP contribution < -0.4 is 5.32 Å². The molecule has 1 aromatic heterocycles. The van der Waals surface area contributed by atoms with Crippen molar-refractivity contribution in [3.63, 3.8) is 0 Å². The first-order valence-electron chi connectivity index (χ1n) is 10.0. The lowest BCUT2D eigenvalue weighted by Crippen LogP contribution is -2.44. The highest BCUT2D eigenvalue weighted by atomic mass is 32.1. The molecule has 2 aromatic rings. The molecule has 0 bridgehead atoms. The van der Waals surface area contributed by atoms with Crippen molar-refractivity contribution in [3.8, 4) is 10.6 Å². The van der Waals surface area contributed by atoms with E-state index in [-0.39, 0.29) is 23.8 Å². The number of piperidine rings is 1.